The largest absolute Gasteiger partial charge is 0.314 e. The summed E-state index contributed by atoms with van der Waals surface area (Å²) < 4.78 is 24.8. The van der Waals surface area contributed by atoms with Gasteiger partial charge < -0.3 is 5.32 Å². The quantitative estimate of drug-likeness (QED) is 0.524. The Labute approximate surface area is 164 Å². The topological polar surface area (TPSA) is 84.8 Å². The number of fused-ring (bicyclic) bond motifs is 1. The van der Waals surface area contributed by atoms with E-state index in [-0.39, 0.29) is 4.90 Å². The predicted molar refractivity (Wildman–Crippen MR) is 111 cm³/mol. The van der Waals surface area contributed by atoms with Gasteiger partial charge in [0.1, 0.15) is 5.52 Å². The van der Waals surface area contributed by atoms with Crippen molar-refractivity contribution in [2.75, 3.05) is 11.6 Å². The third kappa shape index (κ3) is 3.58. The van der Waals surface area contributed by atoms with Crippen LogP contribution in [0.15, 0.2) is 40.7 Å². The molecule has 3 aromatic heterocycles. The molecule has 0 atom stereocenters. The molecular formula is C18H16N4O2S3. The lowest BCUT2D eigenvalue weighted by molar-refractivity contribution is 0.602. The number of aryl methyl sites for hydroxylation is 2. The molecule has 0 saturated carbocycles. The fourth-order valence-electron chi connectivity index (χ4n) is 2.72. The highest BCUT2D eigenvalue weighted by atomic mass is 32.2. The molecule has 3 heterocycles. The lowest BCUT2D eigenvalue weighted by Gasteiger charge is -2.08. The standard InChI is InChI=1S/C18H16N4O2S3/c1-10-9-25-18(20-10)22-17-15-16(26-11(2)21-15)14(8-19-17)12-5-4-6-13(7-12)27(3,23)24/h4-9H,1-3H3,(H,19,20,22). The Morgan fingerprint density at radius 3 is 2.67 bits per heavy atom. The highest BCUT2D eigenvalue weighted by Crippen LogP contribution is 2.37. The van der Waals surface area contributed by atoms with E-state index in [1.807, 2.05) is 25.3 Å². The van der Waals surface area contributed by atoms with E-state index in [9.17, 15) is 8.42 Å². The van der Waals surface area contributed by atoms with E-state index in [2.05, 4.69) is 20.3 Å². The molecule has 1 aromatic carbocycles. The maximum absolute atomic E-state index is 11.9. The van der Waals surface area contributed by atoms with Gasteiger partial charge in [0.2, 0.25) is 0 Å². The van der Waals surface area contributed by atoms with E-state index in [4.69, 9.17) is 0 Å². The van der Waals surface area contributed by atoms with Crippen molar-refractivity contribution in [3.8, 4) is 11.1 Å². The van der Waals surface area contributed by atoms with Crippen LogP contribution in [0.2, 0.25) is 0 Å². The molecule has 0 aliphatic rings. The van der Waals surface area contributed by atoms with Crippen LogP contribution in [-0.4, -0.2) is 29.6 Å². The zero-order valence-corrected chi connectivity index (χ0v) is 17.3. The molecule has 27 heavy (non-hydrogen) atoms. The molecule has 0 aliphatic carbocycles. The second kappa shape index (κ2) is 6.66. The number of thiazole rings is 2. The Bertz CT molecular complexity index is 1260. The van der Waals surface area contributed by atoms with Crippen molar-refractivity contribution in [2.24, 2.45) is 0 Å². The number of nitrogens with one attached hydrogen (secondary N) is 1. The van der Waals surface area contributed by atoms with Gasteiger partial charge in [-0.1, -0.05) is 12.1 Å². The predicted octanol–water partition coefficient (Wildman–Crippen LogP) is 4.58. The number of benzene rings is 1. The van der Waals surface area contributed by atoms with Crippen LogP contribution in [-0.2, 0) is 9.84 Å². The van der Waals surface area contributed by atoms with Crippen molar-refractivity contribution < 1.29 is 8.42 Å². The molecule has 138 valence electrons. The summed E-state index contributed by atoms with van der Waals surface area (Å²) in [5.41, 5.74) is 3.37. The second-order valence-corrected chi connectivity index (χ2v) is 10.2. The van der Waals surface area contributed by atoms with Crippen molar-refractivity contribution >= 4 is 53.7 Å². The normalized spacial score (nSPS) is 11.8. The van der Waals surface area contributed by atoms with Crippen molar-refractivity contribution in [2.45, 2.75) is 18.7 Å². The maximum atomic E-state index is 11.9. The van der Waals surface area contributed by atoms with E-state index < -0.39 is 9.84 Å². The van der Waals surface area contributed by atoms with E-state index in [1.54, 1.807) is 35.7 Å². The zero-order valence-electron chi connectivity index (χ0n) is 14.8. The summed E-state index contributed by atoms with van der Waals surface area (Å²) in [6, 6.07) is 6.91. The number of rotatable bonds is 4. The molecule has 0 amide bonds. The highest BCUT2D eigenvalue weighted by molar-refractivity contribution is 7.90. The first-order chi connectivity index (χ1) is 12.8. The van der Waals surface area contributed by atoms with Crippen LogP contribution in [0.3, 0.4) is 0 Å². The first-order valence-electron chi connectivity index (χ1n) is 8.07. The number of nitrogens with zero attached hydrogens (tertiary/aromatic N) is 3. The van der Waals surface area contributed by atoms with Gasteiger partial charge in [-0.3, -0.25) is 0 Å². The molecule has 0 fully saturated rings. The summed E-state index contributed by atoms with van der Waals surface area (Å²) in [6.45, 7) is 3.88. The van der Waals surface area contributed by atoms with Gasteiger partial charge in [0.15, 0.2) is 20.8 Å². The fourth-order valence-corrected chi connectivity index (χ4v) is 5.03. The van der Waals surface area contributed by atoms with Crippen LogP contribution in [0.4, 0.5) is 10.9 Å². The molecule has 9 heteroatoms. The minimum atomic E-state index is -3.28. The number of anilines is 2. The average molecular weight is 417 g/mol. The smallest absolute Gasteiger partial charge is 0.188 e. The van der Waals surface area contributed by atoms with Gasteiger partial charge in [-0.25, -0.2) is 23.4 Å². The first-order valence-corrected chi connectivity index (χ1v) is 11.7. The molecule has 0 aliphatic heterocycles. The van der Waals surface area contributed by atoms with Crippen molar-refractivity contribution in [1.29, 1.82) is 0 Å². The number of sulfone groups is 1. The SMILES string of the molecule is Cc1csc(Nc2ncc(-c3cccc(S(C)(=O)=O)c3)c3sc(C)nc23)n1. The van der Waals surface area contributed by atoms with Crippen LogP contribution in [0.25, 0.3) is 21.3 Å². The van der Waals surface area contributed by atoms with Gasteiger partial charge in [0.05, 0.1) is 20.3 Å². The zero-order chi connectivity index (χ0) is 19.2. The summed E-state index contributed by atoms with van der Waals surface area (Å²) in [7, 11) is -3.28. The minimum absolute atomic E-state index is 0.287. The molecule has 1 N–H and O–H groups in total. The average Bonchev–Trinajstić information content (AvgIpc) is 3.20. The van der Waals surface area contributed by atoms with Gasteiger partial charge in [0, 0.05) is 23.4 Å². The van der Waals surface area contributed by atoms with E-state index in [0.29, 0.717) is 5.82 Å². The van der Waals surface area contributed by atoms with Crippen molar-refractivity contribution in [3.63, 3.8) is 0 Å². The number of hydrogen-bond acceptors (Lipinski definition) is 8. The molecule has 0 unspecified atom stereocenters. The van der Waals surface area contributed by atoms with E-state index >= 15 is 0 Å². The summed E-state index contributed by atoms with van der Waals surface area (Å²) in [5, 5.41) is 6.89. The van der Waals surface area contributed by atoms with Crippen LogP contribution >= 0.6 is 22.7 Å². The van der Waals surface area contributed by atoms with Gasteiger partial charge in [-0.2, -0.15) is 0 Å². The van der Waals surface area contributed by atoms with Crippen molar-refractivity contribution in [3.05, 3.63) is 46.5 Å². The fraction of sp³-hybridized carbons (Fsp3) is 0.167. The number of aromatic nitrogens is 3. The summed E-state index contributed by atoms with van der Waals surface area (Å²) in [6.07, 6.45) is 2.96. The van der Waals surface area contributed by atoms with Gasteiger partial charge in [-0.15, -0.1) is 22.7 Å². The third-order valence-corrected chi connectivity index (χ3v) is 6.93. The Hall–Kier alpha value is -2.36. The Balaban J connectivity index is 1.85. The van der Waals surface area contributed by atoms with Gasteiger partial charge in [-0.05, 0) is 31.5 Å². The Kier molecular flexibility index (Phi) is 4.45. The minimum Gasteiger partial charge on any atom is -0.314 e. The van der Waals surface area contributed by atoms with Gasteiger partial charge >= 0.3 is 0 Å². The first kappa shape index (κ1) is 18.0. The molecular weight excluding hydrogens is 400 g/mol. The molecule has 0 bridgehead atoms. The molecule has 0 saturated heterocycles. The number of pyridine rings is 1. The van der Waals surface area contributed by atoms with E-state index in [1.165, 1.54) is 17.6 Å². The Morgan fingerprint density at radius 1 is 1.15 bits per heavy atom. The lowest BCUT2D eigenvalue weighted by atomic mass is 10.1. The highest BCUT2D eigenvalue weighted by Gasteiger charge is 2.16. The van der Waals surface area contributed by atoms with Crippen LogP contribution in [0, 0.1) is 13.8 Å². The molecule has 4 aromatic rings. The molecule has 0 spiro atoms. The van der Waals surface area contributed by atoms with Crippen LogP contribution in [0.5, 0.6) is 0 Å². The van der Waals surface area contributed by atoms with E-state index in [0.717, 1.165) is 37.2 Å². The monoisotopic (exact) mass is 416 g/mol. The molecule has 4 rings (SSSR count). The van der Waals surface area contributed by atoms with Crippen molar-refractivity contribution in [1.82, 2.24) is 15.0 Å². The third-order valence-electron chi connectivity index (χ3n) is 3.94. The van der Waals surface area contributed by atoms with Crippen LogP contribution in [0.1, 0.15) is 10.7 Å². The lowest BCUT2D eigenvalue weighted by Crippen LogP contribution is -1.98. The van der Waals surface area contributed by atoms with Gasteiger partial charge in [0.25, 0.3) is 0 Å². The van der Waals surface area contributed by atoms with Crippen LogP contribution < -0.4 is 5.32 Å². The summed E-state index contributed by atoms with van der Waals surface area (Å²) in [5.74, 6) is 0.645. The maximum Gasteiger partial charge on any atom is 0.188 e. The molecule has 0 radical (unpaired) electrons. The number of hydrogen-bond donors (Lipinski definition) is 1. The molecule has 6 nitrogen and oxygen atoms in total. The summed E-state index contributed by atoms with van der Waals surface area (Å²) in [4.78, 5) is 13.9. The second-order valence-electron chi connectivity index (χ2n) is 6.15. The Morgan fingerprint density at radius 2 is 1.96 bits per heavy atom. The summed E-state index contributed by atoms with van der Waals surface area (Å²) >= 11 is 3.07.